The molecular weight excluding hydrogens is 428 g/mol. The molecule has 2 aromatic rings. The number of nitrogens with one attached hydrogen (secondary N) is 1. The second-order valence-electron chi connectivity index (χ2n) is 7.82. The predicted molar refractivity (Wildman–Crippen MR) is 125 cm³/mol. The van der Waals surface area contributed by atoms with Crippen molar-refractivity contribution in [1.82, 2.24) is 19.8 Å². The second kappa shape index (κ2) is 11.8. The Labute approximate surface area is 193 Å². The van der Waals surface area contributed by atoms with Crippen LogP contribution in [0.25, 0.3) is 0 Å². The van der Waals surface area contributed by atoms with Crippen LogP contribution in [0.4, 0.5) is 0 Å². The zero-order valence-electron chi connectivity index (χ0n) is 19.0. The molecular formula is C23H32N4O4S. The van der Waals surface area contributed by atoms with E-state index in [-0.39, 0.29) is 11.8 Å². The Kier molecular flexibility index (Phi) is 8.84. The van der Waals surface area contributed by atoms with Crippen molar-refractivity contribution in [3.63, 3.8) is 0 Å². The maximum absolute atomic E-state index is 12.5. The van der Waals surface area contributed by atoms with Gasteiger partial charge in [0.15, 0.2) is 0 Å². The van der Waals surface area contributed by atoms with E-state index in [0.29, 0.717) is 30.5 Å². The van der Waals surface area contributed by atoms with E-state index in [4.69, 9.17) is 9.47 Å². The first kappa shape index (κ1) is 24.0. The molecule has 3 rings (SSSR count). The van der Waals surface area contributed by atoms with E-state index in [1.54, 1.807) is 26.0 Å². The van der Waals surface area contributed by atoms with E-state index >= 15 is 0 Å². The van der Waals surface area contributed by atoms with E-state index in [1.807, 2.05) is 35.5 Å². The molecule has 0 radical (unpaired) electrons. The molecule has 0 spiro atoms. The fraction of sp³-hybridized carbons (Fsp3) is 0.522. The molecule has 0 unspecified atom stereocenters. The summed E-state index contributed by atoms with van der Waals surface area (Å²) >= 11 is 1.57. The van der Waals surface area contributed by atoms with Crippen LogP contribution in [0.3, 0.4) is 0 Å². The number of piperidine rings is 1. The van der Waals surface area contributed by atoms with Gasteiger partial charge in [-0.1, -0.05) is 0 Å². The van der Waals surface area contributed by atoms with E-state index in [1.165, 1.54) is 6.92 Å². The van der Waals surface area contributed by atoms with Crippen LogP contribution in [0.1, 0.15) is 43.5 Å². The Bertz CT molecular complexity index is 887. The highest BCUT2D eigenvalue weighted by Crippen LogP contribution is 2.29. The van der Waals surface area contributed by atoms with Gasteiger partial charge in [0.1, 0.15) is 17.3 Å². The normalized spacial score (nSPS) is 14.3. The maximum Gasteiger partial charge on any atom is 0.223 e. The first-order valence-electron chi connectivity index (χ1n) is 10.8. The lowest BCUT2D eigenvalue weighted by Gasteiger charge is -2.32. The lowest BCUT2D eigenvalue weighted by Crippen LogP contribution is -2.38. The first-order valence-corrected chi connectivity index (χ1v) is 12.0. The van der Waals surface area contributed by atoms with Crippen LogP contribution in [-0.4, -0.2) is 65.2 Å². The second-order valence-corrected chi connectivity index (χ2v) is 8.93. The highest BCUT2D eigenvalue weighted by Gasteiger charge is 2.26. The average Bonchev–Trinajstić information content (AvgIpc) is 3.26. The summed E-state index contributed by atoms with van der Waals surface area (Å²) in [5.74, 6) is 4.33. The molecule has 32 heavy (non-hydrogen) atoms. The van der Waals surface area contributed by atoms with Crippen molar-refractivity contribution in [3.05, 3.63) is 42.0 Å². The van der Waals surface area contributed by atoms with Gasteiger partial charge in [-0.2, -0.15) is 0 Å². The average molecular weight is 461 g/mol. The summed E-state index contributed by atoms with van der Waals surface area (Å²) in [5, 5.41) is 2.73. The van der Waals surface area contributed by atoms with Gasteiger partial charge in [-0.3, -0.25) is 9.59 Å². The van der Waals surface area contributed by atoms with Crippen molar-refractivity contribution in [2.75, 3.05) is 38.9 Å². The summed E-state index contributed by atoms with van der Waals surface area (Å²) in [6.07, 6.45) is 6.16. The van der Waals surface area contributed by atoms with Crippen LogP contribution in [0.2, 0.25) is 0 Å². The molecule has 0 bridgehead atoms. The Morgan fingerprint density at radius 1 is 1.16 bits per heavy atom. The van der Waals surface area contributed by atoms with Crippen LogP contribution in [-0.2, 0) is 16.1 Å². The highest BCUT2D eigenvalue weighted by atomic mass is 32.2. The van der Waals surface area contributed by atoms with Crippen molar-refractivity contribution in [2.24, 2.45) is 0 Å². The molecule has 0 saturated carbocycles. The number of hydrogen-bond acceptors (Lipinski definition) is 6. The minimum absolute atomic E-state index is 0.0465. The quantitative estimate of drug-likeness (QED) is 0.434. The Hall–Kier alpha value is -2.68. The standard InChI is InChI=1S/C23H32N4O4S/c1-17(28)25-16-32-11-6-22(29)26-8-4-19(5-9-26)23-24-7-10-27(23)15-18-12-20(30-2)14-21(13-18)31-3/h7,10,12-14,19H,4-6,8-9,11,15-16H2,1-3H3,(H,25,28). The molecule has 174 valence electrons. The van der Waals surface area contributed by atoms with Gasteiger partial charge in [0.05, 0.1) is 20.1 Å². The Balaban J connectivity index is 1.52. The third kappa shape index (κ3) is 6.66. The van der Waals surface area contributed by atoms with Gasteiger partial charge < -0.3 is 24.3 Å². The van der Waals surface area contributed by atoms with Crippen LogP contribution in [0.5, 0.6) is 11.5 Å². The van der Waals surface area contributed by atoms with Crippen molar-refractivity contribution < 1.29 is 19.1 Å². The van der Waals surface area contributed by atoms with Gasteiger partial charge in [0.2, 0.25) is 11.8 Å². The summed E-state index contributed by atoms with van der Waals surface area (Å²) in [5.41, 5.74) is 1.09. The fourth-order valence-corrected chi connectivity index (χ4v) is 4.67. The number of hydrogen-bond donors (Lipinski definition) is 1. The molecule has 1 fully saturated rings. The number of methoxy groups -OCH3 is 2. The van der Waals surface area contributed by atoms with Crippen molar-refractivity contribution in [2.45, 2.75) is 38.6 Å². The van der Waals surface area contributed by atoms with Gasteiger partial charge >= 0.3 is 0 Å². The van der Waals surface area contributed by atoms with E-state index in [0.717, 1.165) is 48.8 Å². The molecule has 0 atom stereocenters. The number of benzene rings is 1. The molecule has 1 aromatic carbocycles. The molecule has 1 aliphatic rings. The number of carbonyl (C=O) groups excluding carboxylic acids is 2. The third-order valence-corrected chi connectivity index (χ3v) is 6.45. The highest BCUT2D eigenvalue weighted by molar-refractivity contribution is 7.99. The molecule has 2 amide bonds. The summed E-state index contributed by atoms with van der Waals surface area (Å²) in [4.78, 5) is 30.0. The molecule has 0 aliphatic carbocycles. The number of likely N-dealkylation sites (tertiary alicyclic amines) is 1. The lowest BCUT2D eigenvalue weighted by atomic mass is 9.95. The van der Waals surface area contributed by atoms with Gasteiger partial charge in [-0.15, -0.1) is 11.8 Å². The summed E-state index contributed by atoms with van der Waals surface area (Å²) in [6, 6.07) is 5.89. The minimum Gasteiger partial charge on any atom is -0.497 e. The molecule has 1 aromatic heterocycles. The number of imidazole rings is 1. The van der Waals surface area contributed by atoms with Crippen molar-refractivity contribution in [3.8, 4) is 11.5 Å². The number of ether oxygens (including phenoxy) is 2. The van der Waals surface area contributed by atoms with E-state index in [9.17, 15) is 9.59 Å². The van der Waals surface area contributed by atoms with E-state index in [2.05, 4.69) is 14.9 Å². The number of aromatic nitrogens is 2. The van der Waals surface area contributed by atoms with Crippen molar-refractivity contribution >= 4 is 23.6 Å². The van der Waals surface area contributed by atoms with Gasteiger partial charge in [0, 0.05) is 63.1 Å². The molecule has 8 nitrogen and oxygen atoms in total. The van der Waals surface area contributed by atoms with Gasteiger partial charge in [-0.25, -0.2) is 4.98 Å². The van der Waals surface area contributed by atoms with Gasteiger partial charge in [0.25, 0.3) is 0 Å². The molecule has 1 N–H and O–H groups in total. The zero-order chi connectivity index (χ0) is 22.9. The lowest BCUT2D eigenvalue weighted by molar-refractivity contribution is -0.131. The molecule has 9 heteroatoms. The first-order chi connectivity index (χ1) is 15.5. The van der Waals surface area contributed by atoms with Crippen LogP contribution in [0.15, 0.2) is 30.6 Å². The minimum atomic E-state index is -0.0465. The zero-order valence-corrected chi connectivity index (χ0v) is 19.8. The third-order valence-electron chi connectivity index (χ3n) is 5.61. The van der Waals surface area contributed by atoms with Crippen molar-refractivity contribution in [1.29, 1.82) is 0 Å². The van der Waals surface area contributed by atoms with Crippen LogP contribution < -0.4 is 14.8 Å². The summed E-state index contributed by atoms with van der Waals surface area (Å²) < 4.78 is 12.9. The number of nitrogens with zero attached hydrogens (tertiary/aromatic N) is 3. The summed E-state index contributed by atoms with van der Waals surface area (Å²) in [7, 11) is 3.30. The number of amides is 2. The summed E-state index contributed by atoms with van der Waals surface area (Å²) in [6.45, 7) is 3.68. The van der Waals surface area contributed by atoms with Crippen LogP contribution in [0, 0.1) is 0 Å². The predicted octanol–water partition coefficient (Wildman–Crippen LogP) is 2.87. The number of rotatable bonds is 10. The SMILES string of the molecule is COc1cc(Cn2ccnc2C2CCN(C(=O)CCSCNC(C)=O)CC2)cc(OC)c1. The largest absolute Gasteiger partial charge is 0.497 e. The Morgan fingerprint density at radius 3 is 2.47 bits per heavy atom. The molecule has 1 aliphatic heterocycles. The number of thioether (sulfide) groups is 1. The van der Waals surface area contributed by atoms with Gasteiger partial charge in [-0.05, 0) is 30.5 Å². The fourth-order valence-electron chi connectivity index (χ4n) is 3.90. The van der Waals surface area contributed by atoms with E-state index < -0.39 is 0 Å². The molecule has 1 saturated heterocycles. The Morgan fingerprint density at radius 2 is 1.84 bits per heavy atom. The monoisotopic (exact) mass is 460 g/mol. The molecule has 2 heterocycles. The smallest absolute Gasteiger partial charge is 0.223 e. The maximum atomic E-state index is 12.5. The topological polar surface area (TPSA) is 85.7 Å². The van der Waals surface area contributed by atoms with Crippen LogP contribution >= 0.6 is 11.8 Å². The number of carbonyl (C=O) groups is 2.